The molecule has 2 amide bonds. The van der Waals surface area contributed by atoms with Gasteiger partial charge in [-0.1, -0.05) is 37.3 Å². The highest BCUT2D eigenvalue weighted by atomic mass is 35.5. The number of carbonyl (C=O) groups excluding carboxylic acids is 2. The van der Waals surface area contributed by atoms with E-state index < -0.39 is 5.91 Å². The Morgan fingerprint density at radius 2 is 2.00 bits per heavy atom. The van der Waals surface area contributed by atoms with Gasteiger partial charge in [0, 0.05) is 30.9 Å². The van der Waals surface area contributed by atoms with E-state index in [1.54, 1.807) is 6.92 Å². The summed E-state index contributed by atoms with van der Waals surface area (Å²) in [6.45, 7) is 4.31. The minimum atomic E-state index is -0.463. The van der Waals surface area contributed by atoms with Crippen molar-refractivity contribution in [2.45, 2.75) is 32.9 Å². The summed E-state index contributed by atoms with van der Waals surface area (Å²) in [7, 11) is 0. The number of halogens is 1. The van der Waals surface area contributed by atoms with E-state index in [1.165, 1.54) is 16.9 Å². The second-order valence-electron chi connectivity index (χ2n) is 5.92. The Morgan fingerprint density at radius 3 is 2.64 bits per heavy atom. The van der Waals surface area contributed by atoms with Crippen molar-refractivity contribution in [2.24, 2.45) is 5.73 Å². The van der Waals surface area contributed by atoms with Gasteiger partial charge in [-0.2, -0.15) is 0 Å². The molecule has 1 aromatic carbocycles. The molecule has 0 bridgehead atoms. The van der Waals surface area contributed by atoms with Gasteiger partial charge in [-0.3, -0.25) is 14.5 Å². The maximum absolute atomic E-state index is 11.9. The molecule has 134 valence electrons. The van der Waals surface area contributed by atoms with Gasteiger partial charge in [0.05, 0.1) is 5.56 Å². The van der Waals surface area contributed by atoms with Gasteiger partial charge >= 0.3 is 0 Å². The average molecular weight is 379 g/mol. The molecule has 0 unspecified atom stereocenters. The number of amides is 2. The summed E-state index contributed by atoms with van der Waals surface area (Å²) in [4.78, 5) is 27.0. The smallest absolute Gasteiger partial charge is 0.251 e. The van der Waals surface area contributed by atoms with Crippen molar-refractivity contribution in [1.82, 2.24) is 4.90 Å². The monoisotopic (exact) mass is 378 g/mol. The number of anilines is 1. The molecule has 0 spiro atoms. The predicted octanol–water partition coefficient (Wildman–Crippen LogP) is -0.242. The minimum absolute atomic E-state index is 0. The first-order chi connectivity index (χ1) is 11.6. The lowest BCUT2D eigenvalue weighted by Gasteiger charge is -2.27. The zero-order valence-corrected chi connectivity index (χ0v) is 15.6. The van der Waals surface area contributed by atoms with Crippen LogP contribution in [-0.2, 0) is 24.3 Å². The Hall–Kier alpha value is -1.89. The van der Waals surface area contributed by atoms with Crippen molar-refractivity contribution in [2.75, 3.05) is 11.9 Å². The van der Waals surface area contributed by atoms with Gasteiger partial charge in [0.2, 0.25) is 5.91 Å². The van der Waals surface area contributed by atoms with Crippen LogP contribution in [0.15, 0.2) is 30.3 Å². The summed E-state index contributed by atoms with van der Waals surface area (Å²) in [5.74, 6) is -0.562. The topological polar surface area (TPSA) is 75.4 Å². The summed E-state index contributed by atoms with van der Waals surface area (Å²) >= 11 is 1.47. The van der Waals surface area contributed by atoms with Crippen molar-refractivity contribution in [3.63, 3.8) is 0 Å². The van der Waals surface area contributed by atoms with Crippen LogP contribution in [0.4, 0.5) is 5.00 Å². The molecule has 1 aliphatic rings. The van der Waals surface area contributed by atoms with Gasteiger partial charge in [-0.25, -0.2) is 0 Å². The molecule has 7 heteroatoms. The highest BCUT2D eigenvalue weighted by molar-refractivity contribution is 7.17. The zero-order valence-electron chi connectivity index (χ0n) is 14.0. The van der Waals surface area contributed by atoms with E-state index in [9.17, 15) is 9.59 Å². The third kappa shape index (κ3) is 4.39. The molecule has 0 saturated carbocycles. The number of nitrogens with zero attached hydrogens (tertiary/aromatic N) is 1. The number of hydrogen-bond donors (Lipinski definition) is 2. The van der Waals surface area contributed by atoms with Crippen molar-refractivity contribution in [3.05, 3.63) is 51.9 Å². The van der Waals surface area contributed by atoms with Gasteiger partial charge in [0.25, 0.3) is 5.91 Å². The van der Waals surface area contributed by atoms with E-state index >= 15 is 0 Å². The number of fused-ring (bicyclic) bond motifs is 1. The molecule has 5 nitrogen and oxygen atoms in total. The Bertz CT molecular complexity index is 761. The quantitative estimate of drug-likeness (QED) is 0.754. The molecular formula is C18H21ClN3O2S-. The predicted molar refractivity (Wildman–Crippen MR) is 96.0 cm³/mol. The summed E-state index contributed by atoms with van der Waals surface area (Å²) < 4.78 is 0. The Labute approximate surface area is 157 Å². The van der Waals surface area contributed by atoms with Gasteiger partial charge in [-0.05, 0) is 17.5 Å². The molecule has 3 rings (SSSR count). The van der Waals surface area contributed by atoms with E-state index in [1.807, 2.05) is 18.2 Å². The first-order valence-corrected chi connectivity index (χ1v) is 8.90. The number of hydrogen-bond acceptors (Lipinski definition) is 4. The summed E-state index contributed by atoms with van der Waals surface area (Å²) in [5, 5.41) is 3.42. The summed E-state index contributed by atoms with van der Waals surface area (Å²) in [6, 6.07) is 10.3. The minimum Gasteiger partial charge on any atom is -1.00 e. The lowest BCUT2D eigenvalue weighted by molar-refractivity contribution is -0.115. The SMILES string of the molecule is CCC(=O)Nc1sc2c(c1C(N)=O)CCN(Cc1ccccc1)C2.[Cl-]. The average Bonchev–Trinajstić information content (AvgIpc) is 2.92. The molecule has 2 heterocycles. The third-order valence-corrected chi connectivity index (χ3v) is 5.34. The number of benzene rings is 1. The van der Waals surface area contributed by atoms with Crippen molar-refractivity contribution >= 4 is 28.2 Å². The van der Waals surface area contributed by atoms with Crippen LogP contribution in [0.5, 0.6) is 0 Å². The van der Waals surface area contributed by atoms with Crippen LogP contribution in [0.3, 0.4) is 0 Å². The molecule has 3 N–H and O–H groups in total. The Kier molecular flexibility index (Phi) is 6.58. The number of carbonyl (C=O) groups is 2. The number of nitrogens with one attached hydrogen (secondary N) is 1. The van der Waals surface area contributed by atoms with Crippen LogP contribution < -0.4 is 23.5 Å². The number of thiophene rings is 1. The van der Waals surface area contributed by atoms with Crippen LogP contribution in [0.2, 0.25) is 0 Å². The van der Waals surface area contributed by atoms with E-state index in [0.29, 0.717) is 17.0 Å². The van der Waals surface area contributed by atoms with Crippen LogP contribution in [0.25, 0.3) is 0 Å². The molecule has 2 aromatic rings. The molecule has 1 aromatic heterocycles. The first kappa shape index (κ1) is 19.4. The van der Waals surface area contributed by atoms with Crippen LogP contribution >= 0.6 is 11.3 Å². The summed E-state index contributed by atoms with van der Waals surface area (Å²) in [5.41, 5.74) is 8.33. The fourth-order valence-corrected chi connectivity index (χ4v) is 4.31. The Balaban J connectivity index is 0.00000225. The molecule has 0 atom stereocenters. The van der Waals surface area contributed by atoms with Crippen LogP contribution in [0.1, 0.15) is 39.7 Å². The van der Waals surface area contributed by atoms with E-state index in [0.717, 1.165) is 36.5 Å². The zero-order chi connectivity index (χ0) is 17.1. The number of primary amides is 1. The van der Waals surface area contributed by atoms with Gasteiger partial charge in [0.15, 0.2) is 0 Å². The number of nitrogens with two attached hydrogens (primary N) is 1. The molecule has 0 aliphatic carbocycles. The van der Waals surface area contributed by atoms with E-state index in [4.69, 9.17) is 5.73 Å². The van der Waals surface area contributed by atoms with Crippen molar-refractivity contribution in [3.8, 4) is 0 Å². The fourth-order valence-electron chi connectivity index (χ4n) is 3.00. The van der Waals surface area contributed by atoms with Gasteiger partial charge in [0.1, 0.15) is 5.00 Å². The Morgan fingerprint density at radius 1 is 1.28 bits per heavy atom. The third-order valence-electron chi connectivity index (χ3n) is 4.21. The van der Waals surface area contributed by atoms with Crippen LogP contribution in [0, 0.1) is 0 Å². The largest absolute Gasteiger partial charge is 1.00 e. The molecule has 0 saturated heterocycles. The fraction of sp³-hybridized carbons (Fsp3) is 0.333. The van der Waals surface area contributed by atoms with Gasteiger partial charge in [-0.15, -0.1) is 11.3 Å². The maximum atomic E-state index is 11.9. The normalized spacial score (nSPS) is 13.6. The van der Waals surface area contributed by atoms with Crippen LogP contribution in [-0.4, -0.2) is 23.3 Å². The molecule has 25 heavy (non-hydrogen) atoms. The highest BCUT2D eigenvalue weighted by Crippen LogP contribution is 2.37. The first-order valence-electron chi connectivity index (χ1n) is 8.09. The lowest BCUT2D eigenvalue weighted by Crippen LogP contribution is -3.00. The highest BCUT2D eigenvalue weighted by Gasteiger charge is 2.27. The van der Waals surface area contributed by atoms with Crippen molar-refractivity contribution in [1.29, 1.82) is 0 Å². The molecule has 1 aliphatic heterocycles. The van der Waals surface area contributed by atoms with Crippen molar-refractivity contribution < 1.29 is 22.0 Å². The number of rotatable bonds is 5. The summed E-state index contributed by atoms with van der Waals surface area (Å²) in [6.07, 6.45) is 1.15. The maximum Gasteiger partial charge on any atom is 0.251 e. The van der Waals surface area contributed by atoms with E-state index in [-0.39, 0.29) is 18.3 Å². The van der Waals surface area contributed by atoms with E-state index in [2.05, 4.69) is 22.3 Å². The lowest BCUT2D eigenvalue weighted by atomic mass is 10.0. The molecular weight excluding hydrogens is 358 g/mol. The second-order valence-corrected chi connectivity index (χ2v) is 7.03. The molecule has 0 radical (unpaired) electrons. The standard InChI is InChI=1S/C18H21N3O2S.ClH/c1-2-15(22)20-18-16(17(19)23)13-8-9-21(11-14(13)24-18)10-12-6-4-3-5-7-12;/h3-7H,2,8-11H2,1H3,(H2,19,23)(H,20,22);1H/p-1. The molecule has 0 fully saturated rings. The second kappa shape index (κ2) is 8.47. The van der Waals surface area contributed by atoms with Gasteiger partial charge < -0.3 is 23.5 Å².